The van der Waals surface area contributed by atoms with E-state index in [9.17, 15) is 17.6 Å². The zero-order valence-electron chi connectivity index (χ0n) is 11.5. The van der Waals surface area contributed by atoms with Crippen molar-refractivity contribution in [1.82, 2.24) is 10.3 Å². The summed E-state index contributed by atoms with van der Waals surface area (Å²) in [6.07, 6.45) is 0. The SMILES string of the molecule is COc1ccc(C(=O)NNS(=O)(=O)c2ccccc2F)cc1. The summed E-state index contributed by atoms with van der Waals surface area (Å²) in [4.78, 5) is 13.1. The van der Waals surface area contributed by atoms with Gasteiger partial charge in [0.15, 0.2) is 0 Å². The highest BCUT2D eigenvalue weighted by molar-refractivity contribution is 7.89. The number of amides is 1. The summed E-state index contributed by atoms with van der Waals surface area (Å²) in [5.74, 6) is -1.03. The van der Waals surface area contributed by atoms with Crippen LogP contribution in [0.25, 0.3) is 0 Å². The van der Waals surface area contributed by atoms with E-state index in [1.165, 1.54) is 31.4 Å². The zero-order chi connectivity index (χ0) is 16.2. The van der Waals surface area contributed by atoms with E-state index in [1.807, 2.05) is 10.3 Å². The largest absolute Gasteiger partial charge is 0.497 e. The van der Waals surface area contributed by atoms with Gasteiger partial charge >= 0.3 is 0 Å². The van der Waals surface area contributed by atoms with Crippen LogP contribution in [0.1, 0.15) is 10.4 Å². The molecule has 1 amide bonds. The minimum atomic E-state index is -4.19. The Kier molecular flexibility index (Phi) is 4.74. The molecule has 0 atom stereocenters. The smallest absolute Gasteiger partial charge is 0.266 e. The van der Waals surface area contributed by atoms with E-state index in [2.05, 4.69) is 0 Å². The molecule has 0 bridgehead atoms. The summed E-state index contributed by atoms with van der Waals surface area (Å²) >= 11 is 0. The average molecular weight is 324 g/mol. The van der Waals surface area contributed by atoms with E-state index < -0.39 is 26.6 Å². The lowest BCUT2D eigenvalue weighted by Crippen LogP contribution is -2.41. The first-order chi connectivity index (χ1) is 10.4. The van der Waals surface area contributed by atoms with Crippen LogP contribution >= 0.6 is 0 Å². The van der Waals surface area contributed by atoms with Gasteiger partial charge in [0.1, 0.15) is 16.5 Å². The van der Waals surface area contributed by atoms with Gasteiger partial charge in [-0.1, -0.05) is 12.1 Å². The standard InChI is InChI=1S/C14H13FN2O4S/c1-21-11-8-6-10(7-9-11)14(18)16-17-22(19,20)13-5-3-2-4-12(13)15/h2-9,17H,1H3,(H,16,18). The van der Waals surface area contributed by atoms with Crippen LogP contribution in [0.2, 0.25) is 0 Å². The topological polar surface area (TPSA) is 84.5 Å². The van der Waals surface area contributed by atoms with Gasteiger partial charge < -0.3 is 4.74 Å². The Hall–Kier alpha value is -2.45. The van der Waals surface area contributed by atoms with Crippen molar-refractivity contribution >= 4 is 15.9 Å². The molecule has 116 valence electrons. The maximum Gasteiger partial charge on any atom is 0.266 e. The van der Waals surface area contributed by atoms with E-state index >= 15 is 0 Å². The van der Waals surface area contributed by atoms with Gasteiger partial charge in [-0.2, -0.15) is 0 Å². The van der Waals surface area contributed by atoms with Gasteiger partial charge in [-0.25, -0.2) is 12.8 Å². The van der Waals surface area contributed by atoms with Crippen molar-refractivity contribution in [2.75, 3.05) is 7.11 Å². The summed E-state index contributed by atoms with van der Waals surface area (Å²) in [5, 5.41) is 0. The molecule has 0 spiro atoms. The first-order valence-corrected chi connectivity index (χ1v) is 7.63. The molecule has 22 heavy (non-hydrogen) atoms. The number of hydrogen-bond donors (Lipinski definition) is 2. The lowest BCUT2D eigenvalue weighted by Gasteiger charge is -2.09. The maximum atomic E-state index is 13.5. The third kappa shape index (κ3) is 3.60. The molecule has 6 nitrogen and oxygen atoms in total. The van der Waals surface area contributed by atoms with Crippen molar-refractivity contribution in [2.45, 2.75) is 4.90 Å². The van der Waals surface area contributed by atoms with E-state index in [-0.39, 0.29) is 5.56 Å². The first kappa shape index (κ1) is 15.9. The number of halogens is 1. The second kappa shape index (κ2) is 6.54. The van der Waals surface area contributed by atoms with E-state index in [0.29, 0.717) is 5.75 Å². The first-order valence-electron chi connectivity index (χ1n) is 6.15. The molecule has 0 radical (unpaired) electrons. The molecule has 0 saturated heterocycles. The van der Waals surface area contributed by atoms with Crippen LogP contribution in [-0.2, 0) is 10.0 Å². The normalized spacial score (nSPS) is 11.0. The molecule has 0 saturated carbocycles. The number of rotatable bonds is 5. The molecule has 0 heterocycles. The summed E-state index contributed by atoms with van der Waals surface area (Å²) < 4.78 is 42.2. The van der Waals surface area contributed by atoms with Gasteiger partial charge in [0.2, 0.25) is 0 Å². The van der Waals surface area contributed by atoms with E-state index in [0.717, 1.165) is 12.1 Å². The van der Waals surface area contributed by atoms with Crippen molar-refractivity contribution in [3.05, 3.63) is 59.9 Å². The van der Waals surface area contributed by atoms with E-state index in [4.69, 9.17) is 4.74 Å². The Morgan fingerprint density at radius 3 is 2.32 bits per heavy atom. The molecular weight excluding hydrogens is 311 g/mol. The lowest BCUT2D eigenvalue weighted by atomic mass is 10.2. The van der Waals surface area contributed by atoms with Crippen LogP contribution in [0.5, 0.6) is 5.75 Å². The van der Waals surface area contributed by atoms with Crippen molar-refractivity contribution in [2.24, 2.45) is 0 Å². The van der Waals surface area contributed by atoms with Gasteiger partial charge in [-0.3, -0.25) is 10.2 Å². The molecule has 2 rings (SSSR count). The van der Waals surface area contributed by atoms with Crippen LogP contribution in [0.3, 0.4) is 0 Å². The highest BCUT2D eigenvalue weighted by atomic mass is 32.2. The van der Waals surface area contributed by atoms with Gasteiger partial charge in [0.05, 0.1) is 7.11 Å². The molecule has 2 N–H and O–H groups in total. The number of carbonyl (C=O) groups is 1. The van der Waals surface area contributed by atoms with Crippen LogP contribution < -0.4 is 15.0 Å². The fourth-order valence-electron chi connectivity index (χ4n) is 1.65. The average Bonchev–Trinajstić information content (AvgIpc) is 2.53. The second-order valence-electron chi connectivity index (χ2n) is 4.22. The van der Waals surface area contributed by atoms with Crippen LogP contribution in [0, 0.1) is 5.82 Å². The monoisotopic (exact) mass is 324 g/mol. The molecular formula is C14H13FN2O4S. The maximum absolute atomic E-state index is 13.5. The number of ether oxygens (including phenoxy) is 1. The number of hydrogen-bond acceptors (Lipinski definition) is 4. The molecule has 0 aromatic heterocycles. The van der Waals surface area contributed by atoms with Crippen LogP contribution in [0.15, 0.2) is 53.4 Å². The number of sulfonamides is 1. The Bertz CT molecular complexity index is 776. The van der Waals surface area contributed by atoms with Crippen molar-refractivity contribution < 1.29 is 22.3 Å². The van der Waals surface area contributed by atoms with Gasteiger partial charge in [0, 0.05) is 5.56 Å². The van der Waals surface area contributed by atoms with Crippen LogP contribution in [0.4, 0.5) is 4.39 Å². The zero-order valence-corrected chi connectivity index (χ0v) is 12.4. The molecule has 2 aromatic rings. The predicted molar refractivity (Wildman–Crippen MR) is 77.2 cm³/mol. The summed E-state index contributed by atoms with van der Waals surface area (Å²) in [5.41, 5.74) is 2.24. The Labute approximate surface area is 126 Å². The van der Waals surface area contributed by atoms with E-state index in [1.54, 1.807) is 12.1 Å². The third-order valence-corrected chi connectivity index (χ3v) is 4.06. The quantitative estimate of drug-likeness (QED) is 0.816. The Balaban J connectivity index is 2.08. The molecule has 0 aliphatic heterocycles. The summed E-state index contributed by atoms with van der Waals surface area (Å²) in [6, 6.07) is 10.9. The van der Waals surface area contributed by atoms with Gasteiger partial charge in [-0.05, 0) is 36.4 Å². The highest BCUT2D eigenvalue weighted by Crippen LogP contribution is 2.13. The molecule has 2 aromatic carbocycles. The number of carbonyl (C=O) groups excluding carboxylic acids is 1. The fourth-order valence-corrected chi connectivity index (χ4v) is 2.57. The minimum Gasteiger partial charge on any atom is -0.497 e. The Morgan fingerprint density at radius 2 is 1.73 bits per heavy atom. The third-order valence-electron chi connectivity index (χ3n) is 2.78. The van der Waals surface area contributed by atoms with Crippen molar-refractivity contribution in [3.63, 3.8) is 0 Å². The Morgan fingerprint density at radius 1 is 1.09 bits per heavy atom. The molecule has 8 heteroatoms. The van der Waals surface area contributed by atoms with Crippen molar-refractivity contribution in [3.8, 4) is 5.75 Å². The number of nitrogens with one attached hydrogen (secondary N) is 2. The number of benzene rings is 2. The predicted octanol–water partition coefficient (Wildman–Crippen LogP) is 1.46. The highest BCUT2D eigenvalue weighted by Gasteiger charge is 2.19. The number of hydrazine groups is 1. The summed E-state index contributed by atoms with van der Waals surface area (Å²) in [7, 11) is -2.70. The molecule has 0 unspecified atom stereocenters. The van der Waals surface area contributed by atoms with Crippen molar-refractivity contribution in [1.29, 1.82) is 0 Å². The molecule has 0 aliphatic rings. The summed E-state index contributed by atoms with van der Waals surface area (Å²) in [6.45, 7) is 0. The number of methoxy groups -OCH3 is 1. The lowest BCUT2D eigenvalue weighted by molar-refractivity contribution is 0.0945. The fraction of sp³-hybridized carbons (Fsp3) is 0.0714. The minimum absolute atomic E-state index is 0.219. The van der Waals surface area contributed by atoms with Gasteiger partial charge in [0.25, 0.3) is 15.9 Å². The van der Waals surface area contributed by atoms with Crippen LogP contribution in [-0.4, -0.2) is 21.4 Å². The molecule has 0 aliphatic carbocycles. The second-order valence-corrected chi connectivity index (χ2v) is 5.87. The molecule has 0 fully saturated rings. The van der Waals surface area contributed by atoms with Gasteiger partial charge in [-0.15, -0.1) is 4.83 Å².